The monoisotopic (exact) mass is 388 g/mol. The number of ether oxygens (including phenoxy) is 2. The molecule has 0 aromatic heterocycles. The highest BCUT2D eigenvalue weighted by Crippen LogP contribution is 2.29. The van der Waals surface area contributed by atoms with Crippen LogP contribution in [0.15, 0.2) is 40.9 Å². The Morgan fingerprint density at radius 3 is 2.62 bits per heavy atom. The Hall–Kier alpha value is -1.23. The van der Waals surface area contributed by atoms with Crippen LogP contribution in [0.4, 0.5) is 0 Å². The third-order valence-electron chi connectivity index (χ3n) is 2.73. The van der Waals surface area contributed by atoms with Crippen LogP contribution >= 0.6 is 39.1 Å². The Morgan fingerprint density at radius 2 is 1.95 bits per heavy atom. The van der Waals surface area contributed by atoms with E-state index in [2.05, 4.69) is 15.9 Å². The highest BCUT2D eigenvalue weighted by Gasteiger charge is 2.13. The molecule has 0 bridgehead atoms. The van der Waals surface area contributed by atoms with Crippen molar-refractivity contribution in [3.05, 3.63) is 56.5 Å². The quantitative estimate of drug-likeness (QED) is 0.673. The maximum Gasteiger partial charge on any atom is 0.201 e. The summed E-state index contributed by atoms with van der Waals surface area (Å²) in [5.74, 6) is 0.992. The maximum absolute atomic E-state index is 12.1. The van der Waals surface area contributed by atoms with Crippen molar-refractivity contribution in [3.63, 3.8) is 0 Å². The van der Waals surface area contributed by atoms with Crippen LogP contribution in [0.5, 0.6) is 11.5 Å². The van der Waals surface area contributed by atoms with Gasteiger partial charge in [-0.1, -0.05) is 23.2 Å². The molecular weight excluding hydrogens is 379 g/mol. The minimum absolute atomic E-state index is 0.134. The van der Waals surface area contributed by atoms with Crippen molar-refractivity contribution in [2.75, 3.05) is 13.7 Å². The first kappa shape index (κ1) is 16.1. The fourth-order valence-electron chi connectivity index (χ4n) is 1.66. The van der Waals surface area contributed by atoms with E-state index in [0.717, 1.165) is 0 Å². The van der Waals surface area contributed by atoms with Crippen molar-refractivity contribution in [2.24, 2.45) is 0 Å². The SMILES string of the molecule is COc1ccc(OCC(=O)c2cc(Cl)ccc2Cl)c(Br)c1. The Kier molecular flexibility index (Phi) is 5.51. The van der Waals surface area contributed by atoms with Gasteiger partial charge in [0.15, 0.2) is 6.61 Å². The molecule has 2 aromatic rings. The molecule has 6 heteroatoms. The zero-order chi connectivity index (χ0) is 15.4. The number of benzene rings is 2. The predicted octanol–water partition coefficient (Wildman–Crippen LogP) is 5.03. The Labute approximate surface area is 140 Å². The lowest BCUT2D eigenvalue weighted by molar-refractivity contribution is 0.0921. The molecule has 0 saturated carbocycles. The summed E-state index contributed by atoms with van der Waals surface area (Å²) in [5, 5.41) is 0.801. The Morgan fingerprint density at radius 1 is 1.19 bits per heavy atom. The molecule has 0 aliphatic rings. The summed E-state index contributed by atoms with van der Waals surface area (Å²) in [6.45, 7) is -0.134. The smallest absolute Gasteiger partial charge is 0.201 e. The van der Waals surface area contributed by atoms with E-state index in [-0.39, 0.29) is 12.4 Å². The van der Waals surface area contributed by atoms with Crippen LogP contribution in [0.1, 0.15) is 10.4 Å². The van der Waals surface area contributed by atoms with Crippen molar-refractivity contribution < 1.29 is 14.3 Å². The summed E-state index contributed by atoms with van der Waals surface area (Å²) >= 11 is 15.2. The van der Waals surface area contributed by atoms with Crippen molar-refractivity contribution in [1.82, 2.24) is 0 Å². The molecule has 0 aliphatic carbocycles. The number of methoxy groups -OCH3 is 1. The second-order valence-electron chi connectivity index (χ2n) is 4.13. The normalized spacial score (nSPS) is 10.3. The summed E-state index contributed by atoms with van der Waals surface area (Å²) in [6.07, 6.45) is 0. The molecule has 2 aromatic carbocycles. The fraction of sp³-hybridized carbons (Fsp3) is 0.133. The number of ketones is 1. The lowest BCUT2D eigenvalue weighted by Gasteiger charge is -2.09. The number of carbonyl (C=O) groups is 1. The van der Waals surface area contributed by atoms with Gasteiger partial charge >= 0.3 is 0 Å². The van der Waals surface area contributed by atoms with Crippen molar-refractivity contribution in [2.45, 2.75) is 0 Å². The molecule has 110 valence electrons. The van der Waals surface area contributed by atoms with Crippen LogP contribution in [0, 0.1) is 0 Å². The van der Waals surface area contributed by atoms with E-state index >= 15 is 0 Å². The molecule has 0 amide bonds. The van der Waals surface area contributed by atoms with Gasteiger partial charge in [-0.05, 0) is 52.3 Å². The third-order valence-corrected chi connectivity index (χ3v) is 3.91. The maximum atomic E-state index is 12.1. The molecule has 21 heavy (non-hydrogen) atoms. The van der Waals surface area contributed by atoms with Gasteiger partial charge in [-0.25, -0.2) is 0 Å². The molecular formula is C15H11BrCl2O3. The summed E-state index contributed by atoms with van der Waals surface area (Å²) in [6, 6.07) is 9.96. The van der Waals surface area contributed by atoms with Gasteiger partial charge in [-0.3, -0.25) is 4.79 Å². The Bertz CT molecular complexity index is 674. The molecule has 0 N–H and O–H groups in total. The van der Waals surface area contributed by atoms with E-state index in [0.29, 0.717) is 31.6 Å². The van der Waals surface area contributed by atoms with Gasteiger partial charge in [-0.15, -0.1) is 0 Å². The number of halogens is 3. The van der Waals surface area contributed by atoms with Crippen LogP contribution in [0.2, 0.25) is 10.0 Å². The van der Waals surface area contributed by atoms with Crippen LogP contribution in [-0.4, -0.2) is 19.5 Å². The average molecular weight is 390 g/mol. The van der Waals surface area contributed by atoms with Gasteiger partial charge in [0, 0.05) is 10.6 Å². The van der Waals surface area contributed by atoms with Gasteiger partial charge in [0.25, 0.3) is 0 Å². The molecule has 0 radical (unpaired) electrons. The number of carbonyl (C=O) groups excluding carboxylic acids is 1. The molecule has 0 spiro atoms. The first-order chi connectivity index (χ1) is 10.0. The molecule has 0 heterocycles. The van der Waals surface area contributed by atoms with Gasteiger partial charge < -0.3 is 9.47 Å². The van der Waals surface area contributed by atoms with E-state index in [1.807, 2.05) is 0 Å². The summed E-state index contributed by atoms with van der Waals surface area (Å²) in [4.78, 5) is 12.1. The van der Waals surface area contributed by atoms with Gasteiger partial charge in [0.1, 0.15) is 11.5 Å². The zero-order valence-electron chi connectivity index (χ0n) is 11.0. The zero-order valence-corrected chi connectivity index (χ0v) is 14.1. The van der Waals surface area contributed by atoms with Crippen LogP contribution < -0.4 is 9.47 Å². The number of Topliss-reactive ketones (excluding diaryl/α,β-unsaturated/α-hetero) is 1. The minimum atomic E-state index is -0.245. The number of hydrogen-bond acceptors (Lipinski definition) is 3. The van der Waals surface area contributed by atoms with Crippen molar-refractivity contribution in [1.29, 1.82) is 0 Å². The predicted molar refractivity (Wildman–Crippen MR) is 87.0 cm³/mol. The standard InChI is InChI=1S/C15H11BrCl2O3/c1-20-10-3-5-15(12(16)7-10)21-8-14(19)11-6-9(17)2-4-13(11)18/h2-7H,8H2,1H3. The van der Waals surface area contributed by atoms with E-state index in [1.165, 1.54) is 6.07 Å². The summed E-state index contributed by atoms with van der Waals surface area (Å²) < 4.78 is 11.3. The molecule has 0 atom stereocenters. The number of rotatable bonds is 5. The third kappa shape index (κ3) is 4.13. The van der Waals surface area contributed by atoms with Crippen LogP contribution in [0.25, 0.3) is 0 Å². The van der Waals surface area contributed by atoms with E-state index < -0.39 is 0 Å². The molecule has 3 nitrogen and oxygen atoms in total. The van der Waals surface area contributed by atoms with Crippen molar-refractivity contribution >= 4 is 44.9 Å². The lowest BCUT2D eigenvalue weighted by Crippen LogP contribution is -2.12. The molecule has 0 saturated heterocycles. The summed E-state index contributed by atoms with van der Waals surface area (Å²) in [7, 11) is 1.58. The summed E-state index contributed by atoms with van der Waals surface area (Å²) in [5.41, 5.74) is 0.341. The van der Waals surface area contributed by atoms with Gasteiger partial charge in [0.2, 0.25) is 5.78 Å². The molecule has 2 rings (SSSR count). The highest BCUT2D eigenvalue weighted by atomic mass is 79.9. The van der Waals surface area contributed by atoms with E-state index in [4.69, 9.17) is 32.7 Å². The first-order valence-electron chi connectivity index (χ1n) is 5.96. The second-order valence-corrected chi connectivity index (χ2v) is 5.83. The number of hydrogen-bond donors (Lipinski definition) is 0. The van der Waals surface area contributed by atoms with Crippen molar-refractivity contribution in [3.8, 4) is 11.5 Å². The van der Waals surface area contributed by atoms with E-state index in [9.17, 15) is 4.79 Å². The largest absolute Gasteiger partial charge is 0.497 e. The van der Waals surface area contributed by atoms with Gasteiger partial charge in [0.05, 0.1) is 16.6 Å². The highest BCUT2D eigenvalue weighted by molar-refractivity contribution is 9.10. The molecule has 0 unspecified atom stereocenters. The van der Waals surface area contributed by atoms with Gasteiger partial charge in [-0.2, -0.15) is 0 Å². The minimum Gasteiger partial charge on any atom is -0.497 e. The Balaban J connectivity index is 2.09. The lowest BCUT2D eigenvalue weighted by atomic mass is 10.1. The first-order valence-corrected chi connectivity index (χ1v) is 7.50. The average Bonchev–Trinajstić information content (AvgIpc) is 2.48. The van der Waals surface area contributed by atoms with E-state index in [1.54, 1.807) is 37.4 Å². The second kappa shape index (κ2) is 7.16. The fourth-order valence-corrected chi connectivity index (χ4v) is 2.53. The topological polar surface area (TPSA) is 35.5 Å². The molecule has 0 fully saturated rings. The van der Waals surface area contributed by atoms with Crippen LogP contribution in [0.3, 0.4) is 0 Å². The molecule has 0 aliphatic heterocycles. The van der Waals surface area contributed by atoms with Crippen LogP contribution in [-0.2, 0) is 0 Å².